The first-order chi connectivity index (χ1) is 15.2. The van der Waals surface area contributed by atoms with E-state index in [1.54, 1.807) is 7.11 Å². The summed E-state index contributed by atoms with van der Waals surface area (Å²) < 4.78 is 10.6. The van der Waals surface area contributed by atoms with Gasteiger partial charge in [0.1, 0.15) is 6.04 Å². The summed E-state index contributed by atoms with van der Waals surface area (Å²) in [6, 6.07) is 14.3. The van der Waals surface area contributed by atoms with E-state index in [-0.39, 0.29) is 12.1 Å². The molecule has 1 saturated heterocycles. The molecule has 0 radical (unpaired) electrons. The number of amides is 2. The summed E-state index contributed by atoms with van der Waals surface area (Å²) >= 11 is 0. The maximum atomic E-state index is 13.2. The smallest absolute Gasteiger partial charge is 0.322 e. The average Bonchev–Trinajstić information content (AvgIpc) is 3.42. The number of piperidine rings is 1. The predicted octanol–water partition coefficient (Wildman–Crippen LogP) is 4.59. The number of nitrogens with zero attached hydrogens (tertiary/aromatic N) is 3. The second kappa shape index (κ2) is 8.51. The van der Waals surface area contributed by atoms with Gasteiger partial charge in [0.05, 0.1) is 6.61 Å². The van der Waals surface area contributed by atoms with Crippen LogP contribution in [0.3, 0.4) is 0 Å². The summed E-state index contributed by atoms with van der Waals surface area (Å²) in [7, 11) is 1.64. The van der Waals surface area contributed by atoms with Crippen molar-refractivity contribution in [1.29, 1.82) is 0 Å². The fraction of sp³-hybridized carbons (Fsp3) is 0.375. The van der Waals surface area contributed by atoms with Crippen LogP contribution >= 0.6 is 0 Å². The summed E-state index contributed by atoms with van der Waals surface area (Å²) in [5, 5.41) is 7.13. The van der Waals surface area contributed by atoms with Crippen LogP contribution in [0.2, 0.25) is 0 Å². The summed E-state index contributed by atoms with van der Waals surface area (Å²) in [5.74, 6) is 1.12. The second-order valence-electron chi connectivity index (χ2n) is 8.13. The molecule has 1 aliphatic heterocycles. The second-order valence-corrected chi connectivity index (χ2v) is 8.13. The Balaban J connectivity index is 1.31. The Kier molecular flexibility index (Phi) is 5.42. The normalized spacial score (nSPS) is 17.3. The van der Waals surface area contributed by atoms with Crippen molar-refractivity contribution in [3.63, 3.8) is 0 Å². The molecule has 0 spiro atoms. The molecule has 3 aromatic rings. The highest BCUT2D eigenvalue weighted by Gasteiger charge is 2.32. The van der Waals surface area contributed by atoms with Crippen LogP contribution in [0.4, 0.5) is 10.5 Å². The maximum absolute atomic E-state index is 13.2. The third-order valence-corrected chi connectivity index (χ3v) is 6.11. The number of likely N-dealkylation sites (tertiary alicyclic amines) is 1. The summed E-state index contributed by atoms with van der Waals surface area (Å²) in [6.45, 7) is 1.21. The minimum atomic E-state index is -0.198. The molecule has 1 N–H and O–H groups in total. The van der Waals surface area contributed by atoms with Crippen LogP contribution < -0.4 is 5.32 Å². The number of rotatable bonds is 5. The Bertz CT molecular complexity index is 1090. The van der Waals surface area contributed by atoms with Crippen LogP contribution in [0, 0.1) is 0 Å². The molecule has 2 aromatic carbocycles. The van der Waals surface area contributed by atoms with Gasteiger partial charge in [-0.1, -0.05) is 35.5 Å². The lowest BCUT2D eigenvalue weighted by Gasteiger charge is -2.33. The highest BCUT2D eigenvalue weighted by atomic mass is 16.5. The maximum Gasteiger partial charge on any atom is 0.322 e. The first-order valence-electron chi connectivity index (χ1n) is 10.8. The molecule has 7 nitrogen and oxygen atoms in total. The number of urea groups is 1. The van der Waals surface area contributed by atoms with E-state index in [9.17, 15) is 4.79 Å². The molecular weight excluding hydrogens is 392 g/mol. The van der Waals surface area contributed by atoms with Crippen LogP contribution in [0.25, 0.3) is 11.1 Å². The van der Waals surface area contributed by atoms with Gasteiger partial charge < -0.3 is 19.5 Å². The van der Waals surface area contributed by atoms with Gasteiger partial charge in [-0.05, 0) is 60.1 Å². The molecule has 7 heteroatoms. The fourth-order valence-corrected chi connectivity index (χ4v) is 4.55. The molecule has 0 saturated carbocycles. The number of carbonyl (C=O) groups is 1. The summed E-state index contributed by atoms with van der Waals surface area (Å²) in [6.07, 6.45) is 4.30. The van der Waals surface area contributed by atoms with E-state index in [1.165, 1.54) is 22.3 Å². The SMILES string of the molecule is COCCc1noc(C2CCCCN2C(=O)Nc2ccc3c(c2)Cc2ccccc2-3)n1. The monoisotopic (exact) mass is 418 g/mol. The lowest BCUT2D eigenvalue weighted by molar-refractivity contribution is 0.142. The molecule has 160 valence electrons. The first kappa shape index (κ1) is 19.8. The van der Waals surface area contributed by atoms with Crippen molar-refractivity contribution in [1.82, 2.24) is 15.0 Å². The van der Waals surface area contributed by atoms with Crippen LogP contribution in [0.5, 0.6) is 0 Å². The quantitative estimate of drug-likeness (QED) is 0.513. The number of benzene rings is 2. The van der Waals surface area contributed by atoms with Gasteiger partial charge in [0.25, 0.3) is 0 Å². The Morgan fingerprint density at radius 2 is 2.06 bits per heavy atom. The van der Waals surface area contributed by atoms with E-state index < -0.39 is 0 Å². The number of ether oxygens (including phenoxy) is 1. The number of methoxy groups -OCH3 is 1. The van der Waals surface area contributed by atoms with Gasteiger partial charge in [-0.25, -0.2) is 4.79 Å². The molecular formula is C24H26N4O3. The molecule has 1 aliphatic carbocycles. The molecule has 5 rings (SSSR count). The zero-order chi connectivity index (χ0) is 21.2. The van der Waals surface area contributed by atoms with E-state index in [1.807, 2.05) is 11.0 Å². The molecule has 2 heterocycles. The van der Waals surface area contributed by atoms with Crippen molar-refractivity contribution in [2.24, 2.45) is 0 Å². The van der Waals surface area contributed by atoms with Gasteiger partial charge in [-0.15, -0.1) is 0 Å². The highest BCUT2D eigenvalue weighted by molar-refractivity contribution is 5.91. The van der Waals surface area contributed by atoms with Crippen molar-refractivity contribution in [3.05, 3.63) is 65.3 Å². The van der Waals surface area contributed by atoms with Crippen LogP contribution in [-0.4, -0.2) is 41.3 Å². The number of nitrogens with one attached hydrogen (secondary N) is 1. The summed E-state index contributed by atoms with van der Waals surface area (Å²) in [5.41, 5.74) is 5.92. The van der Waals surface area contributed by atoms with Crippen molar-refractivity contribution in [2.75, 3.05) is 25.6 Å². The zero-order valence-corrected chi connectivity index (χ0v) is 17.6. The van der Waals surface area contributed by atoms with E-state index in [4.69, 9.17) is 9.26 Å². The molecule has 1 aromatic heterocycles. The number of hydrogen-bond acceptors (Lipinski definition) is 5. The number of anilines is 1. The third-order valence-electron chi connectivity index (χ3n) is 6.11. The van der Waals surface area contributed by atoms with Gasteiger partial charge >= 0.3 is 6.03 Å². The molecule has 1 unspecified atom stereocenters. The average molecular weight is 418 g/mol. The summed E-state index contributed by atoms with van der Waals surface area (Å²) in [4.78, 5) is 19.5. The van der Waals surface area contributed by atoms with Crippen LogP contribution in [0.15, 0.2) is 47.0 Å². The number of hydrogen-bond donors (Lipinski definition) is 1. The van der Waals surface area contributed by atoms with E-state index in [0.717, 1.165) is 31.4 Å². The lowest BCUT2D eigenvalue weighted by atomic mass is 10.0. The van der Waals surface area contributed by atoms with Crippen molar-refractivity contribution < 1.29 is 14.1 Å². The molecule has 1 fully saturated rings. The predicted molar refractivity (Wildman–Crippen MR) is 117 cm³/mol. The van der Waals surface area contributed by atoms with Gasteiger partial charge in [0.2, 0.25) is 5.89 Å². The molecule has 0 bridgehead atoms. The standard InChI is InChI=1S/C24H26N4O3/c1-30-13-11-22-26-23(31-27-22)21-8-4-5-12-28(21)24(29)25-18-9-10-20-17(15-18)14-16-6-2-3-7-19(16)20/h2-3,6-7,9-10,15,21H,4-5,8,11-14H2,1H3,(H,25,29). The van der Waals surface area contributed by atoms with Crippen molar-refractivity contribution >= 4 is 11.7 Å². The number of aromatic nitrogens is 2. The van der Waals surface area contributed by atoms with Gasteiger partial charge in [0, 0.05) is 25.8 Å². The Morgan fingerprint density at radius 3 is 2.97 bits per heavy atom. The van der Waals surface area contributed by atoms with E-state index >= 15 is 0 Å². The topological polar surface area (TPSA) is 80.5 Å². The van der Waals surface area contributed by atoms with E-state index in [0.29, 0.717) is 31.3 Å². The molecule has 1 atom stereocenters. The molecule has 2 aliphatic rings. The zero-order valence-electron chi connectivity index (χ0n) is 17.6. The molecule has 31 heavy (non-hydrogen) atoms. The minimum absolute atomic E-state index is 0.128. The fourth-order valence-electron chi connectivity index (χ4n) is 4.55. The van der Waals surface area contributed by atoms with Crippen molar-refractivity contribution in [2.45, 2.75) is 38.1 Å². The van der Waals surface area contributed by atoms with Gasteiger partial charge in [0.15, 0.2) is 5.82 Å². The van der Waals surface area contributed by atoms with E-state index in [2.05, 4.69) is 51.9 Å². The third kappa shape index (κ3) is 3.93. The Morgan fingerprint density at radius 1 is 1.19 bits per heavy atom. The minimum Gasteiger partial charge on any atom is -0.384 e. The van der Waals surface area contributed by atoms with Crippen LogP contribution in [0.1, 0.15) is 48.1 Å². The Hall–Kier alpha value is -3.19. The largest absolute Gasteiger partial charge is 0.384 e. The van der Waals surface area contributed by atoms with Crippen LogP contribution in [-0.2, 0) is 17.6 Å². The Labute approximate surface area is 181 Å². The van der Waals surface area contributed by atoms with Gasteiger partial charge in [-0.2, -0.15) is 4.98 Å². The van der Waals surface area contributed by atoms with Gasteiger partial charge in [-0.3, -0.25) is 0 Å². The molecule has 2 amide bonds. The number of fused-ring (bicyclic) bond motifs is 3. The number of carbonyl (C=O) groups excluding carboxylic acids is 1. The van der Waals surface area contributed by atoms with Crippen molar-refractivity contribution in [3.8, 4) is 11.1 Å². The first-order valence-corrected chi connectivity index (χ1v) is 10.8. The lowest BCUT2D eigenvalue weighted by Crippen LogP contribution is -2.41. The highest BCUT2D eigenvalue weighted by Crippen LogP contribution is 2.38.